The third kappa shape index (κ3) is 4.23. The summed E-state index contributed by atoms with van der Waals surface area (Å²) >= 11 is 5.67. The highest BCUT2D eigenvalue weighted by Gasteiger charge is 2.17. The van der Waals surface area contributed by atoms with Crippen LogP contribution >= 0.6 is 35.3 Å². The Morgan fingerprint density at radius 3 is 2.71 bits per heavy atom. The Labute approximate surface area is 158 Å². The number of hydrogen-bond acceptors (Lipinski definition) is 4. The van der Waals surface area contributed by atoms with Gasteiger partial charge in [-0.1, -0.05) is 36.9 Å². The van der Waals surface area contributed by atoms with Crippen LogP contribution in [0.1, 0.15) is 18.1 Å². The highest BCUT2D eigenvalue weighted by molar-refractivity contribution is 8.08. The van der Waals surface area contributed by atoms with Crippen molar-refractivity contribution < 1.29 is 0 Å². The maximum atomic E-state index is 2.37. The highest BCUT2D eigenvalue weighted by atomic mass is 32.2. The number of nitrogens with zero attached hydrogens (tertiary/aromatic N) is 1. The van der Waals surface area contributed by atoms with E-state index >= 15 is 0 Å². The van der Waals surface area contributed by atoms with Gasteiger partial charge >= 0.3 is 0 Å². The molecule has 24 heavy (non-hydrogen) atoms. The van der Waals surface area contributed by atoms with Gasteiger partial charge in [-0.2, -0.15) is 0 Å². The van der Waals surface area contributed by atoms with E-state index < -0.39 is 0 Å². The fourth-order valence-corrected chi connectivity index (χ4v) is 5.24. The second-order valence-electron chi connectivity index (χ2n) is 5.75. The molecule has 1 heterocycles. The molecule has 0 atom stereocenters. The fraction of sp³-hybridized carbons (Fsp3) is 0.300. The first-order valence-electron chi connectivity index (χ1n) is 8.19. The number of rotatable bonds is 6. The molecular weight excluding hydrogens is 350 g/mol. The molecule has 1 nitrogen and oxygen atoms in total. The summed E-state index contributed by atoms with van der Waals surface area (Å²) in [6, 6.07) is 15.6. The van der Waals surface area contributed by atoms with Crippen molar-refractivity contribution in [2.24, 2.45) is 0 Å². The molecule has 0 saturated carbocycles. The molecule has 0 saturated heterocycles. The second kappa shape index (κ2) is 8.52. The van der Waals surface area contributed by atoms with Gasteiger partial charge in [0.25, 0.3) is 0 Å². The number of thioether (sulfide) groups is 2. The zero-order valence-corrected chi connectivity index (χ0v) is 16.9. The van der Waals surface area contributed by atoms with E-state index in [4.69, 9.17) is 0 Å². The van der Waals surface area contributed by atoms with Crippen molar-refractivity contribution in [3.63, 3.8) is 0 Å². The SMILES string of the molecule is CCN(C)CCSC1=Cc2ccccc2Sc2ccc(SC)cc21. The summed E-state index contributed by atoms with van der Waals surface area (Å²) in [7, 11) is 2.19. The summed E-state index contributed by atoms with van der Waals surface area (Å²) in [5.74, 6) is 1.12. The van der Waals surface area contributed by atoms with Crippen LogP contribution < -0.4 is 0 Å². The predicted molar refractivity (Wildman–Crippen MR) is 112 cm³/mol. The van der Waals surface area contributed by atoms with Crippen molar-refractivity contribution in [3.05, 3.63) is 53.6 Å². The molecule has 0 radical (unpaired) electrons. The molecule has 0 fully saturated rings. The van der Waals surface area contributed by atoms with E-state index in [0.29, 0.717) is 0 Å². The van der Waals surface area contributed by atoms with Crippen molar-refractivity contribution >= 4 is 46.3 Å². The van der Waals surface area contributed by atoms with E-state index in [1.165, 1.54) is 30.7 Å². The molecule has 0 amide bonds. The highest BCUT2D eigenvalue weighted by Crippen LogP contribution is 2.45. The molecule has 1 aliphatic rings. The van der Waals surface area contributed by atoms with Gasteiger partial charge in [0, 0.05) is 37.5 Å². The summed E-state index contributed by atoms with van der Waals surface area (Å²) in [5, 5.41) is 0. The van der Waals surface area contributed by atoms with Crippen LogP contribution in [0, 0.1) is 0 Å². The number of fused-ring (bicyclic) bond motifs is 2. The minimum atomic E-state index is 1.10. The van der Waals surface area contributed by atoms with E-state index in [9.17, 15) is 0 Å². The fourth-order valence-electron chi connectivity index (χ4n) is 2.54. The molecule has 2 aromatic rings. The topological polar surface area (TPSA) is 3.24 Å². The molecule has 1 aliphatic heterocycles. The standard InChI is InChI=1S/C20H23NS3/c1-4-21(2)11-12-23-20-13-15-7-5-6-8-18(15)24-19-10-9-16(22-3)14-17(19)20/h5-10,13-14H,4,11-12H2,1-3H3. The first kappa shape index (κ1) is 18.0. The molecule has 0 unspecified atom stereocenters. The third-order valence-electron chi connectivity index (χ3n) is 4.15. The summed E-state index contributed by atoms with van der Waals surface area (Å²) in [6.45, 7) is 4.43. The lowest BCUT2D eigenvalue weighted by atomic mass is 10.1. The predicted octanol–water partition coefficient (Wildman–Crippen LogP) is 6.06. The zero-order chi connectivity index (χ0) is 16.9. The molecule has 0 spiro atoms. The van der Waals surface area contributed by atoms with Gasteiger partial charge in [-0.25, -0.2) is 0 Å². The average molecular weight is 374 g/mol. The number of hydrogen-bond donors (Lipinski definition) is 0. The van der Waals surface area contributed by atoms with Crippen molar-refractivity contribution in [1.29, 1.82) is 0 Å². The van der Waals surface area contributed by atoms with Gasteiger partial charge in [0.2, 0.25) is 0 Å². The van der Waals surface area contributed by atoms with Gasteiger partial charge in [-0.3, -0.25) is 0 Å². The normalized spacial score (nSPS) is 13.2. The monoisotopic (exact) mass is 373 g/mol. The molecular formula is C20H23NS3. The molecule has 2 aromatic carbocycles. The summed E-state index contributed by atoms with van der Waals surface area (Å²) in [6.07, 6.45) is 4.52. The van der Waals surface area contributed by atoms with E-state index in [1.807, 2.05) is 35.3 Å². The lowest BCUT2D eigenvalue weighted by molar-refractivity contribution is 0.377. The zero-order valence-electron chi connectivity index (χ0n) is 14.4. The Bertz CT molecular complexity index is 739. The third-order valence-corrected chi connectivity index (χ3v) is 7.08. The number of benzene rings is 2. The molecule has 126 valence electrons. The second-order valence-corrected chi connectivity index (χ2v) is 8.86. The lowest BCUT2D eigenvalue weighted by Gasteiger charge is -2.15. The van der Waals surface area contributed by atoms with Gasteiger partial charge in [0.1, 0.15) is 0 Å². The molecule has 0 N–H and O–H groups in total. The van der Waals surface area contributed by atoms with Crippen LogP contribution in [-0.2, 0) is 0 Å². The maximum absolute atomic E-state index is 2.37. The van der Waals surface area contributed by atoms with Crippen LogP contribution in [-0.4, -0.2) is 37.0 Å². The Morgan fingerprint density at radius 1 is 1.08 bits per heavy atom. The lowest BCUT2D eigenvalue weighted by Crippen LogP contribution is -2.20. The van der Waals surface area contributed by atoms with Gasteiger partial charge < -0.3 is 4.90 Å². The van der Waals surface area contributed by atoms with Crippen LogP contribution in [0.3, 0.4) is 0 Å². The van der Waals surface area contributed by atoms with Crippen LogP contribution in [0.25, 0.3) is 11.0 Å². The molecule has 0 aromatic heterocycles. The molecule has 3 rings (SSSR count). The Hall–Kier alpha value is -0.810. The summed E-state index contributed by atoms with van der Waals surface area (Å²) in [5.41, 5.74) is 2.71. The molecule has 0 aliphatic carbocycles. The van der Waals surface area contributed by atoms with Gasteiger partial charge in [-0.15, -0.1) is 23.5 Å². The van der Waals surface area contributed by atoms with Crippen LogP contribution in [0.4, 0.5) is 0 Å². The summed E-state index contributed by atoms with van der Waals surface area (Å²) < 4.78 is 0. The first-order chi connectivity index (χ1) is 11.7. The quantitative estimate of drug-likeness (QED) is 0.566. The van der Waals surface area contributed by atoms with Crippen molar-refractivity contribution in [3.8, 4) is 0 Å². The maximum Gasteiger partial charge on any atom is 0.0207 e. The van der Waals surface area contributed by atoms with E-state index in [-0.39, 0.29) is 0 Å². The van der Waals surface area contributed by atoms with Crippen LogP contribution in [0.5, 0.6) is 0 Å². The smallest absolute Gasteiger partial charge is 0.0207 e. The van der Waals surface area contributed by atoms with Crippen LogP contribution in [0.15, 0.2) is 57.2 Å². The first-order valence-corrected chi connectivity index (χ1v) is 11.2. The minimum absolute atomic E-state index is 1.10. The van der Waals surface area contributed by atoms with Crippen molar-refractivity contribution in [1.82, 2.24) is 4.90 Å². The molecule has 4 heteroatoms. The largest absolute Gasteiger partial charge is 0.306 e. The van der Waals surface area contributed by atoms with Gasteiger partial charge in [0.05, 0.1) is 0 Å². The Morgan fingerprint density at radius 2 is 1.92 bits per heavy atom. The van der Waals surface area contributed by atoms with E-state index in [1.54, 1.807) is 0 Å². The van der Waals surface area contributed by atoms with Gasteiger partial charge in [-0.05, 0) is 55.8 Å². The van der Waals surface area contributed by atoms with Crippen LogP contribution in [0.2, 0.25) is 0 Å². The van der Waals surface area contributed by atoms with E-state index in [2.05, 4.69) is 73.7 Å². The van der Waals surface area contributed by atoms with Crippen molar-refractivity contribution in [2.75, 3.05) is 32.1 Å². The summed E-state index contributed by atoms with van der Waals surface area (Å²) in [4.78, 5) is 7.80. The molecule has 0 bridgehead atoms. The van der Waals surface area contributed by atoms with E-state index in [0.717, 1.165) is 18.8 Å². The van der Waals surface area contributed by atoms with Gasteiger partial charge in [0.15, 0.2) is 0 Å². The Balaban J connectivity index is 1.95. The van der Waals surface area contributed by atoms with Crippen molar-refractivity contribution in [2.45, 2.75) is 21.6 Å². The minimum Gasteiger partial charge on any atom is -0.306 e. The average Bonchev–Trinajstić information content (AvgIpc) is 2.77. The Kier molecular flexibility index (Phi) is 6.39.